The summed E-state index contributed by atoms with van der Waals surface area (Å²) in [6, 6.07) is 19.2. The van der Waals surface area contributed by atoms with Crippen LogP contribution in [0.3, 0.4) is 0 Å². The van der Waals surface area contributed by atoms with Gasteiger partial charge >= 0.3 is 0 Å². The third-order valence-electron chi connectivity index (χ3n) is 3.22. The first-order valence-electron chi connectivity index (χ1n) is 6.37. The van der Waals surface area contributed by atoms with Crippen LogP contribution in [-0.4, -0.2) is 12.4 Å². The Hall–Kier alpha value is -2.35. The fraction of sp³-hybridized carbons (Fsp3) is 0.118. The van der Waals surface area contributed by atoms with Gasteiger partial charge in [0.15, 0.2) is 5.78 Å². The van der Waals surface area contributed by atoms with Crippen molar-refractivity contribution in [2.45, 2.75) is 6.42 Å². The second-order valence-electron chi connectivity index (χ2n) is 4.47. The molecule has 0 atom stereocenters. The van der Waals surface area contributed by atoms with E-state index in [1.807, 2.05) is 60.7 Å². The summed E-state index contributed by atoms with van der Waals surface area (Å²) >= 11 is 0. The average Bonchev–Trinajstić information content (AvgIpc) is 2.98. The van der Waals surface area contributed by atoms with Crippen LogP contribution >= 0.6 is 0 Å². The molecule has 0 saturated heterocycles. The molecule has 0 spiro atoms. The average molecular weight is 250 g/mol. The minimum Gasteiger partial charge on any atom is -0.492 e. The number of ketones is 1. The van der Waals surface area contributed by atoms with Gasteiger partial charge in [-0.2, -0.15) is 0 Å². The molecule has 2 aromatic carbocycles. The zero-order valence-corrected chi connectivity index (χ0v) is 10.5. The Morgan fingerprint density at radius 2 is 1.53 bits per heavy atom. The smallest absolute Gasteiger partial charge is 0.192 e. The van der Waals surface area contributed by atoms with Crippen molar-refractivity contribution in [3.05, 3.63) is 77.4 Å². The van der Waals surface area contributed by atoms with E-state index in [1.165, 1.54) is 0 Å². The molecule has 0 saturated carbocycles. The maximum atomic E-state index is 12.5. The molecule has 1 heterocycles. The highest BCUT2D eigenvalue weighted by molar-refractivity contribution is 6.12. The molecule has 1 aliphatic rings. The molecule has 0 N–H and O–H groups in total. The van der Waals surface area contributed by atoms with Crippen molar-refractivity contribution in [3.8, 4) is 0 Å². The van der Waals surface area contributed by atoms with Crippen LogP contribution in [0.5, 0.6) is 0 Å². The van der Waals surface area contributed by atoms with E-state index in [4.69, 9.17) is 4.74 Å². The van der Waals surface area contributed by atoms with Gasteiger partial charge in [0.25, 0.3) is 0 Å². The van der Waals surface area contributed by atoms with E-state index in [-0.39, 0.29) is 5.78 Å². The predicted octanol–water partition coefficient (Wildman–Crippen LogP) is 3.70. The van der Waals surface area contributed by atoms with Crippen molar-refractivity contribution in [3.63, 3.8) is 0 Å². The third kappa shape index (κ3) is 2.29. The molecule has 0 bridgehead atoms. The van der Waals surface area contributed by atoms with Crippen molar-refractivity contribution in [1.29, 1.82) is 0 Å². The van der Waals surface area contributed by atoms with E-state index in [1.54, 1.807) is 0 Å². The Kier molecular flexibility index (Phi) is 3.15. The standard InChI is InChI=1S/C17H14O2/c18-16(13-7-3-1-4-8-13)15-11-12-19-17(15)14-9-5-2-6-10-14/h1-10H,11-12H2. The zero-order chi connectivity index (χ0) is 13.1. The van der Waals surface area contributed by atoms with Gasteiger partial charge in [-0.1, -0.05) is 60.7 Å². The SMILES string of the molecule is O=C(C1=C(c2ccccc2)OCC1)c1ccccc1. The molecule has 0 aliphatic carbocycles. The molecular weight excluding hydrogens is 236 g/mol. The highest BCUT2D eigenvalue weighted by atomic mass is 16.5. The van der Waals surface area contributed by atoms with Gasteiger partial charge in [-0.3, -0.25) is 4.79 Å². The molecule has 2 nitrogen and oxygen atoms in total. The van der Waals surface area contributed by atoms with Gasteiger partial charge in [0.1, 0.15) is 5.76 Å². The lowest BCUT2D eigenvalue weighted by Gasteiger charge is -2.06. The maximum absolute atomic E-state index is 12.5. The van der Waals surface area contributed by atoms with Crippen LogP contribution in [-0.2, 0) is 4.74 Å². The van der Waals surface area contributed by atoms with Crippen LogP contribution in [0.4, 0.5) is 0 Å². The van der Waals surface area contributed by atoms with Gasteiger partial charge in [0, 0.05) is 23.1 Å². The van der Waals surface area contributed by atoms with Crippen molar-refractivity contribution in [2.24, 2.45) is 0 Å². The van der Waals surface area contributed by atoms with Crippen LogP contribution in [0.1, 0.15) is 22.3 Å². The number of hydrogen-bond acceptors (Lipinski definition) is 2. The molecule has 0 unspecified atom stereocenters. The van der Waals surface area contributed by atoms with Gasteiger partial charge in [-0.15, -0.1) is 0 Å². The quantitative estimate of drug-likeness (QED) is 0.776. The fourth-order valence-electron chi connectivity index (χ4n) is 2.28. The Labute approximate surface area is 112 Å². The van der Waals surface area contributed by atoms with Crippen LogP contribution < -0.4 is 0 Å². The molecule has 2 aromatic rings. The molecule has 19 heavy (non-hydrogen) atoms. The number of benzene rings is 2. The van der Waals surface area contributed by atoms with E-state index in [0.717, 1.165) is 22.5 Å². The minimum atomic E-state index is 0.0666. The van der Waals surface area contributed by atoms with E-state index >= 15 is 0 Å². The van der Waals surface area contributed by atoms with Crippen LogP contribution in [0, 0.1) is 0 Å². The molecular formula is C17H14O2. The summed E-state index contributed by atoms with van der Waals surface area (Å²) in [5.74, 6) is 0.798. The van der Waals surface area contributed by atoms with Crippen molar-refractivity contribution in [1.82, 2.24) is 0 Å². The molecule has 0 fully saturated rings. The highest BCUT2D eigenvalue weighted by Crippen LogP contribution is 2.30. The number of ether oxygens (including phenoxy) is 1. The summed E-state index contributed by atoms with van der Waals surface area (Å²) in [4.78, 5) is 12.5. The molecule has 1 aliphatic heterocycles. The monoisotopic (exact) mass is 250 g/mol. The van der Waals surface area contributed by atoms with Crippen molar-refractivity contribution < 1.29 is 9.53 Å². The summed E-state index contributed by atoms with van der Waals surface area (Å²) < 4.78 is 5.65. The molecule has 0 radical (unpaired) electrons. The van der Waals surface area contributed by atoms with E-state index < -0.39 is 0 Å². The van der Waals surface area contributed by atoms with E-state index in [9.17, 15) is 4.79 Å². The second kappa shape index (κ2) is 5.11. The van der Waals surface area contributed by atoms with Crippen LogP contribution in [0.15, 0.2) is 66.2 Å². The van der Waals surface area contributed by atoms with E-state index in [0.29, 0.717) is 13.0 Å². The normalized spacial score (nSPS) is 14.3. The van der Waals surface area contributed by atoms with Gasteiger partial charge in [-0.25, -0.2) is 0 Å². The molecule has 94 valence electrons. The lowest BCUT2D eigenvalue weighted by atomic mass is 9.99. The van der Waals surface area contributed by atoms with Gasteiger partial charge in [0.2, 0.25) is 0 Å². The van der Waals surface area contributed by atoms with Gasteiger partial charge < -0.3 is 4.74 Å². The zero-order valence-electron chi connectivity index (χ0n) is 10.5. The molecule has 0 amide bonds. The Balaban J connectivity index is 2.01. The first kappa shape index (κ1) is 11.7. The van der Waals surface area contributed by atoms with Crippen LogP contribution in [0.25, 0.3) is 5.76 Å². The number of carbonyl (C=O) groups is 1. The van der Waals surface area contributed by atoms with Crippen LogP contribution in [0.2, 0.25) is 0 Å². The first-order valence-corrected chi connectivity index (χ1v) is 6.37. The van der Waals surface area contributed by atoms with Gasteiger partial charge in [-0.05, 0) is 0 Å². The fourth-order valence-corrected chi connectivity index (χ4v) is 2.28. The molecule has 0 aromatic heterocycles. The molecule has 2 heteroatoms. The van der Waals surface area contributed by atoms with Gasteiger partial charge in [0.05, 0.1) is 6.61 Å². The Morgan fingerprint density at radius 1 is 0.895 bits per heavy atom. The third-order valence-corrected chi connectivity index (χ3v) is 3.22. The minimum absolute atomic E-state index is 0.0666. The summed E-state index contributed by atoms with van der Waals surface area (Å²) in [7, 11) is 0. The maximum Gasteiger partial charge on any atom is 0.192 e. The van der Waals surface area contributed by atoms with Crippen molar-refractivity contribution in [2.75, 3.05) is 6.61 Å². The summed E-state index contributed by atoms with van der Waals surface area (Å²) in [5, 5.41) is 0. The number of Topliss-reactive ketones (excluding diaryl/α,β-unsaturated/α-hetero) is 1. The lowest BCUT2D eigenvalue weighted by Crippen LogP contribution is -2.03. The number of carbonyl (C=O) groups excluding carboxylic acids is 1. The summed E-state index contributed by atoms with van der Waals surface area (Å²) in [6.07, 6.45) is 0.679. The predicted molar refractivity (Wildman–Crippen MR) is 74.7 cm³/mol. The summed E-state index contributed by atoms with van der Waals surface area (Å²) in [5.41, 5.74) is 2.47. The number of rotatable bonds is 3. The first-order chi connectivity index (χ1) is 9.36. The largest absolute Gasteiger partial charge is 0.492 e. The topological polar surface area (TPSA) is 26.3 Å². The Morgan fingerprint density at radius 3 is 2.21 bits per heavy atom. The highest BCUT2D eigenvalue weighted by Gasteiger charge is 2.24. The summed E-state index contributed by atoms with van der Waals surface area (Å²) in [6.45, 7) is 0.581. The molecule has 3 rings (SSSR count). The van der Waals surface area contributed by atoms with E-state index in [2.05, 4.69) is 0 Å². The van der Waals surface area contributed by atoms with Crippen molar-refractivity contribution >= 4 is 11.5 Å². The number of hydrogen-bond donors (Lipinski definition) is 0. The second-order valence-corrected chi connectivity index (χ2v) is 4.47. The Bertz CT molecular complexity index is 612. The lowest BCUT2D eigenvalue weighted by molar-refractivity contribution is 0.103.